The van der Waals surface area contributed by atoms with Crippen molar-refractivity contribution in [2.24, 2.45) is 11.8 Å². The molecule has 1 aromatic carbocycles. The highest BCUT2D eigenvalue weighted by atomic mass is 16.5. The maximum Gasteiger partial charge on any atom is 0.231 e. The van der Waals surface area contributed by atoms with Gasteiger partial charge in [0.25, 0.3) is 0 Å². The minimum atomic E-state index is -0.0188. The first kappa shape index (κ1) is 22.1. The predicted octanol–water partition coefficient (Wildman–Crippen LogP) is 3.57. The summed E-state index contributed by atoms with van der Waals surface area (Å²) in [7, 11) is 0. The maximum absolute atomic E-state index is 12.5. The molecule has 0 radical (unpaired) electrons. The smallest absolute Gasteiger partial charge is 0.231 e. The van der Waals surface area contributed by atoms with E-state index in [9.17, 15) is 9.59 Å². The molecule has 2 aliphatic rings. The van der Waals surface area contributed by atoms with Crippen LogP contribution >= 0.6 is 0 Å². The van der Waals surface area contributed by atoms with Crippen LogP contribution in [0.5, 0.6) is 5.75 Å². The highest BCUT2D eigenvalue weighted by Gasteiger charge is 2.33. The average molecular weight is 437 g/mol. The molecule has 4 rings (SSSR count). The largest absolute Gasteiger partial charge is 0.490 e. The summed E-state index contributed by atoms with van der Waals surface area (Å²) in [5.74, 6) is 1.45. The first-order valence-electron chi connectivity index (χ1n) is 11.5. The zero-order valence-corrected chi connectivity index (χ0v) is 18.9. The molecule has 32 heavy (non-hydrogen) atoms. The number of piperidine rings is 1. The number of benzene rings is 1. The summed E-state index contributed by atoms with van der Waals surface area (Å²) in [5, 5.41) is 3.00. The van der Waals surface area contributed by atoms with Crippen LogP contribution in [0, 0.1) is 11.8 Å². The fourth-order valence-electron chi connectivity index (χ4n) is 4.15. The van der Waals surface area contributed by atoms with E-state index >= 15 is 0 Å². The van der Waals surface area contributed by atoms with Crippen molar-refractivity contribution in [2.45, 2.75) is 39.2 Å². The van der Waals surface area contributed by atoms with E-state index in [2.05, 4.69) is 29.0 Å². The quantitative estimate of drug-likeness (QED) is 0.718. The summed E-state index contributed by atoms with van der Waals surface area (Å²) in [5.41, 5.74) is 1.82. The number of carbonyl (C=O) groups excluding carboxylic acids is 2. The first-order valence-corrected chi connectivity index (χ1v) is 11.5. The van der Waals surface area contributed by atoms with Gasteiger partial charge in [0.2, 0.25) is 11.8 Å². The molecule has 7 heteroatoms. The van der Waals surface area contributed by atoms with Crippen molar-refractivity contribution in [3.8, 4) is 5.75 Å². The van der Waals surface area contributed by atoms with Crippen molar-refractivity contribution < 1.29 is 14.3 Å². The fraction of sp³-hybridized carbons (Fsp3) is 0.480. The van der Waals surface area contributed by atoms with E-state index in [1.54, 1.807) is 6.20 Å². The number of hydrogen-bond acceptors (Lipinski definition) is 5. The second-order valence-corrected chi connectivity index (χ2v) is 9.12. The lowest BCUT2D eigenvalue weighted by molar-refractivity contribution is -0.133. The summed E-state index contributed by atoms with van der Waals surface area (Å²) >= 11 is 0. The van der Waals surface area contributed by atoms with Crippen LogP contribution < -0.4 is 15.0 Å². The number of rotatable bonds is 7. The van der Waals surface area contributed by atoms with E-state index in [-0.39, 0.29) is 23.8 Å². The molecule has 0 bridgehead atoms. The SMILES string of the molecule is CC(C)CC(=O)N1CCC(Oc2ccc(NC(=O)C3CN(c4cccnc4)C3)cc2)CC1. The number of pyridine rings is 1. The van der Waals surface area contributed by atoms with Gasteiger partial charge < -0.3 is 19.9 Å². The van der Waals surface area contributed by atoms with Gasteiger partial charge in [0.1, 0.15) is 11.9 Å². The Morgan fingerprint density at radius 3 is 2.47 bits per heavy atom. The molecule has 2 amide bonds. The van der Waals surface area contributed by atoms with Crippen LogP contribution in [0.15, 0.2) is 48.8 Å². The lowest BCUT2D eigenvalue weighted by Crippen LogP contribution is -2.52. The minimum Gasteiger partial charge on any atom is -0.490 e. The van der Waals surface area contributed by atoms with Crippen LogP contribution in [0.25, 0.3) is 0 Å². The summed E-state index contributed by atoms with van der Waals surface area (Å²) in [6.07, 6.45) is 5.99. The number of carbonyl (C=O) groups is 2. The minimum absolute atomic E-state index is 0.0188. The van der Waals surface area contributed by atoms with Crippen LogP contribution in [0.2, 0.25) is 0 Å². The molecule has 2 aliphatic heterocycles. The molecule has 2 aromatic rings. The average Bonchev–Trinajstić information content (AvgIpc) is 2.75. The van der Waals surface area contributed by atoms with Gasteiger partial charge in [-0.1, -0.05) is 13.8 Å². The monoisotopic (exact) mass is 436 g/mol. The Balaban J connectivity index is 1.20. The maximum atomic E-state index is 12.5. The second-order valence-electron chi connectivity index (χ2n) is 9.12. The molecule has 0 atom stereocenters. The summed E-state index contributed by atoms with van der Waals surface area (Å²) in [6, 6.07) is 11.5. The number of anilines is 2. The van der Waals surface area contributed by atoms with Gasteiger partial charge in [-0.15, -0.1) is 0 Å². The third-order valence-electron chi connectivity index (χ3n) is 6.07. The second kappa shape index (κ2) is 10.0. The lowest BCUT2D eigenvalue weighted by atomic mass is 9.98. The van der Waals surface area contributed by atoms with Crippen LogP contribution in [-0.4, -0.2) is 54.0 Å². The number of hydrogen-bond donors (Lipinski definition) is 1. The van der Waals surface area contributed by atoms with E-state index in [4.69, 9.17) is 4.74 Å². The van der Waals surface area contributed by atoms with E-state index in [0.29, 0.717) is 25.4 Å². The number of amides is 2. The van der Waals surface area contributed by atoms with Gasteiger partial charge >= 0.3 is 0 Å². The molecule has 170 valence electrons. The van der Waals surface area contributed by atoms with E-state index in [1.807, 2.05) is 47.5 Å². The molecule has 3 heterocycles. The number of aromatic nitrogens is 1. The van der Waals surface area contributed by atoms with E-state index < -0.39 is 0 Å². The summed E-state index contributed by atoms with van der Waals surface area (Å²) in [6.45, 7) is 7.06. The number of nitrogens with zero attached hydrogens (tertiary/aromatic N) is 3. The zero-order chi connectivity index (χ0) is 22.5. The Kier molecular flexibility index (Phi) is 6.93. The number of likely N-dealkylation sites (tertiary alicyclic amines) is 1. The molecular formula is C25H32N4O3. The lowest BCUT2D eigenvalue weighted by Gasteiger charge is -2.39. The molecule has 7 nitrogen and oxygen atoms in total. The molecule has 2 saturated heterocycles. The molecule has 0 unspecified atom stereocenters. The Bertz CT molecular complexity index is 903. The summed E-state index contributed by atoms with van der Waals surface area (Å²) < 4.78 is 6.10. The standard InChI is InChI=1S/C25H32N4O3/c1-18(2)14-24(30)28-12-9-23(10-13-28)32-22-7-5-20(6-8-22)27-25(31)19-16-29(17-19)21-4-3-11-26-15-21/h3-8,11,15,18-19,23H,9-10,12-14,16-17H2,1-2H3,(H,27,31). The van der Waals surface area contributed by atoms with Crippen molar-refractivity contribution in [3.05, 3.63) is 48.8 Å². The molecule has 2 fully saturated rings. The molecular weight excluding hydrogens is 404 g/mol. The van der Waals surface area contributed by atoms with Gasteiger partial charge in [-0.3, -0.25) is 14.6 Å². The molecule has 1 aromatic heterocycles. The Morgan fingerprint density at radius 2 is 1.84 bits per heavy atom. The molecule has 0 spiro atoms. The van der Waals surface area contributed by atoms with Gasteiger partial charge in [-0.25, -0.2) is 0 Å². The third kappa shape index (κ3) is 5.58. The third-order valence-corrected chi connectivity index (χ3v) is 6.07. The van der Waals surface area contributed by atoms with Gasteiger partial charge in [-0.05, 0) is 42.3 Å². The molecule has 0 aliphatic carbocycles. The van der Waals surface area contributed by atoms with Gasteiger partial charge in [0.15, 0.2) is 0 Å². The molecule has 1 N–H and O–H groups in total. The van der Waals surface area contributed by atoms with Crippen LogP contribution in [0.1, 0.15) is 33.1 Å². The predicted molar refractivity (Wildman–Crippen MR) is 125 cm³/mol. The highest BCUT2D eigenvalue weighted by Crippen LogP contribution is 2.26. The van der Waals surface area contributed by atoms with Crippen LogP contribution in [0.3, 0.4) is 0 Å². The van der Waals surface area contributed by atoms with Crippen LogP contribution in [0.4, 0.5) is 11.4 Å². The fourth-order valence-corrected chi connectivity index (χ4v) is 4.15. The van der Waals surface area contributed by atoms with Crippen molar-refractivity contribution in [3.63, 3.8) is 0 Å². The van der Waals surface area contributed by atoms with Gasteiger partial charge in [-0.2, -0.15) is 0 Å². The molecule has 0 saturated carbocycles. The Labute approximate surface area is 189 Å². The number of ether oxygens (including phenoxy) is 1. The van der Waals surface area contributed by atoms with Crippen LogP contribution in [-0.2, 0) is 9.59 Å². The normalized spacial score (nSPS) is 17.2. The Hall–Kier alpha value is -3.09. The highest BCUT2D eigenvalue weighted by molar-refractivity contribution is 5.94. The topological polar surface area (TPSA) is 74.8 Å². The van der Waals surface area contributed by atoms with Gasteiger partial charge in [0, 0.05) is 57.3 Å². The van der Waals surface area contributed by atoms with Crippen molar-refractivity contribution in [2.75, 3.05) is 36.4 Å². The van der Waals surface area contributed by atoms with Gasteiger partial charge in [0.05, 0.1) is 17.8 Å². The van der Waals surface area contributed by atoms with Crippen molar-refractivity contribution >= 4 is 23.2 Å². The van der Waals surface area contributed by atoms with E-state index in [0.717, 1.165) is 43.1 Å². The van der Waals surface area contributed by atoms with Crippen molar-refractivity contribution in [1.29, 1.82) is 0 Å². The number of nitrogens with one attached hydrogen (secondary N) is 1. The first-order chi connectivity index (χ1) is 15.5. The zero-order valence-electron chi connectivity index (χ0n) is 18.9. The van der Waals surface area contributed by atoms with E-state index in [1.165, 1.54) is 0 Å². The summed E-state index contributed by atoms with van der Waals surface area (Å²) in [4.78, 5) is 32.9. The Morgan fingerprint density at radius 1 is 1.12 bits per heavy atom. The van der Waals surface area contributed by atoms with Crippen molar-refractivity contribution in [1.82, 2.24) is 9.88 Å².